The number of carbonyl (C=O) groups is 2. The molecule has 5 heteroatoms. The highest BCUT2D eigenvalue weighted by Crippen LogP contribution is 2.33. The van der Waals surface area contributed by atoms with Gasteiger partial charge >= 0.3 is 0 Å². The molecule has 1 aromatic heterocycles. The van der Waals surface area contributed by atoms with Gasteiger partial charge in [-0.15, -0.1) is 0 Å². The summed E-state index contributed by atoms with van der Waals surface area (Å²) in [7, 11) is 0. The molecule has 0 radical (unpaired) electrons. The highest BCUT2D eigenvalue weighted by Gasteiger charge is 2.32. The van der Waals surface area contributed by atoms with Crippen LogP contribution < -0.4 is 5.32 Å². The van der Waals surface area contributed by atoms with Crippen molar-refractivity contribution in [2.75, 3.05) is 18.4 Å². The standard InChI is InChI=1S/C22H33N3O2/c1-2-7-19(16-17-8-3-4-9-17)22(27)25-14-11-18(12-15-25)21(26)24-20-10-5-6-13-23-20/h5-6,10,13,17-19H,2-4,7-9,11-12,14-16H2,1H3,(H,23,24,26)/t19-/m0/s1. The van der Waals surface area contributed by atoms with E-state index < -0.39 is 0 Å². The van der Waals surface area contributed by atoms with Gasteiger partial charge in [-0.3, -0.25) is 9.59 Å². The molecule has 1 aliphatic carbocycles. The second-order valence-electron chi connectivity index (χ2n) is 8.18. The maximum atomic E-state index is 13.1. The smallest absolute Gasteiger partial charge is 0.228 e. The summed E-state index contributed by atoms with van der Waals surface area (Å²) in [5.41, 5.74) is 0. The Labute approximate surface area is 162 Å². The van der Waals surface area contributed by atoms with Crippen LogP contribution in [0.2, 0.25) is 0 Å². The van der Waals surface area contributed by atoms with Crippen LogP contribution in [0.15, 0.2) is 24.4 Å². The van der Waals surface area contributed by atoms with Crippen molar-refractivity contribution in [2.45, 2.75) is 64.7 Å². The van der Waals surface area contributed by atoms with E-state index in [-0.39, 0.29) is 17.7 Å². The molecule has 2 amide bonds. The lowest BCUT2D eigenvalue weighted by Crippen LogP contribution is -2.44. The predicted molar refractivity (Wildman–Crippen MR) is 107 cm³/mol. The number of nitrogens with one attached hydrogen (secondary N) is 1. The van der Waals surface area contributed by atoms with Gasteiger partial charge < -0.3 is 10.2 Å². The number of anilines is 1. The van der Waals surface area contributed by atoms with E-state index in [9.17, 15) is 9.59 Å². The molecule has 1 atom stereocenters. The summed E-state index contributed by atoms with van der Waals surface area (Å²) < 4.78 is 0. The molecule has 1 N–H and O–H groups in total. The quantitative estimate of drug-likeness (QED) is 0.779. The van der Waals surface area contributed by atoms with Gasteiger partial charge in [0.1, 0.15) is 5.82 Å². The van der Waals surface area contributed by atoms with Crippen molar-refractivity contribution >= 4 is 17.6 Å². The van der Waals surface area contributed by atoms with Gasteiger partial charge in [0.15, 0.2) is 0 Å². The van der Waals surface area contributed by atoms with Crippen LogP contribution in [0, 0.1) is 17.8 Å². The highest BCUT2D eigenvalue weighted by atomic mass is 16.2. The first-order valence-corrected chi connectivity index (χ1v) is 10.7. The number of amides is 2. The molecule has 2 aliphatic rings. The topological polar surface area (TPSA) is 62.3 Å². The lowest BCUT2D eigenvalue weighted by atomic mass is 9.88. The molecule has 0 unspecified atom stereocenters. The summed E-state index contributed by atoms with van der Waals surface area (Å²) >= 11 is 0. The molecule has 5 nitrogen and oxygen atoms in total. The van der Waals surface area contributed by atoms with E-state index in [4.69, 9.17) is 0 Å². The molecule has 2 fully saturated rings. The molecule has 3 rings (SSSR count). The van der Waals surface area contributed by atoms with Gasteiger partial charge in [-0.2, -0.15) is 0 Å². The minimum absolute atomic E-state index is 0.0249. The fourth-order valence-electron chi connectivity index (χ4n) is 4.62. The Morgan fingerprint density at radius 2 is 1.93 bits per heavy atom. The summed E-state index contributed by atoms with van der Waals surface area (Å²) in [6.45, 7) is 3.57. The van der Waals surface area contributed by atoms with E-state index in [1.807, 2.05) is 17.0 Å². The number of rotatable bonds is 7. The maximum Gasteiger partial charge on any atom is 0.228 e. The van der Waals surface area contributed by atoms with Gasteiger partial charge in [0.2, 0.25) is 11.8 Å². The average Bonchev–Trinajstić information content (AvgIpc) is 3.21. The molecular weight excluding hydrogens is 338 g/mol. The first kappa shape index (κ1) is 19.8. The second-order valence-corrected chi connectivity index (χ2v) is 8.18. The molecule has 27 heavy (non-hydrogen) atoms. The molecular formula is C22H33N3O2. The normalized spacial score (nSPS) is 19.8. The molecule has 1 aromatic rings. The van der Waals surface area contributed by atoms with Gasteiger partial charge in [-0.1, -0.05) is 45.1 Å². The summed E-state index contributed by atoms with van der Waals surface area (Å²) in [5.74, 6) is 1.84. The van der Waals surface area contributed by atoms with Crippen LogP contribution in [0.3, 0.4) is 0 Å². The Balaban J connectivity index is 1.49. The number of carbonyl (C=O) groups excluding carboxylic acids is 2. The van der Waals surface area contributed by atoms with Crippen molar-refractivity contribution in [3.63, 3.8) is 0 Å². The van der Waals surface area contributed by atoms with E-state index in [2.05, 4.69) is 17.2 Å². The van der Waals surface area contributed by atoms with Crippen molar-refractivity contribution in [2.24, 2.45) is 17.8 Å². The molecule has 148 valence electrons. The zero-order valence-electron chi connectivity index (χ0n) is 16.5. The fraction of sp³-hybridized carbons (Fsp3) is 0.682. The molecule has 2 heterocycles. The van der Waals surface area contributed by atoms with Crippen LogP contribution in [0.25, 0.3) is 0 Å². The summed E-state index contributed by atoms with van der Waals surface area (Å²) in [6.07, 6.45) is 11.5. The Kier molecular flexibility index (Phi) is 7.25. The van der Waals surface area contributed by atoms with E-state index in [0.29, 0.717) is 24.8 Å². The SMILES string of the molecule is CCC[C@@H](CC1CCCC1)C(=O)N1CCC(C(=O)Nc2ccccn2)CC1. The van der Waals surface area contributed by atoms with Crippen molar-refractivity contribution in [3.8, 4) is 0 Å². The molecule has 1 aliphatic heterocycles. The third kappa shape index (κ3) is 5.53. The molecule has 0 bridgehead atoms. The number of likely N-dealkylation sites (tertiary alicyclic amines) is 1. The fourth-order valence-corrected chi connectivity index (χ4v) is 4.62. The Morgan fingerprint density at radius 1 is 1.19 bits per heavy atom. The number of hydrogen-bond acceptors (Lipinski definition) is 3. The maximum absolute atomic E-state index is 13.1. The minimum atomic E-state index is -0.0319. The van der Waals surface area contributed by atoms with Crippen LogP contribution in [0.1, 0.15) is 64.7 Å². The number of pyridine rings is 1. The highest BCUT2D eigenvalue weighted by molar-refractivity contribution is 5.91. The minimum Gasteiger partial charge on any atom is -0.342 e. The predicted octanol–water partition coefficient (Wildman–Crippen LogP) is 4.26. The summed E-state index contributed by atoms with van der Waals surface area (Å²) in [4.78, 5) is 31.7. The van der Waals surface area contributed by atoms with E-state index in [0.717, 1.165) is 38.0 Å². The van der Waals surface area contributed by atoms with Crippen LogP contribution >= 0.6 is 0 Å². The van der Waals surface area contributed by atoms with Crippen molar-refractivity contribution in [1.29, 1.82) is 0 Å². The van der Waals surface area contributed by atoms with Gasteiger partial charge in [0.05, 0.1) is 0 Å². The average molecular weight is 372 g/mol. The second kappa shape index (κ2) is 9.86. The molecule has 1 saturated heterocycles. The Hall–Kier alpha value is -1.91. The van der Waals surface area contributed by atoms with E-state index in [1.165, 1.54) is 25.7 Å². The van der Waals surface area contributed by atoms with Crippen LogP contribution in [0.4, 0.5) is 5.82 Å². The van der Waals surface area contributed by atoms with Crippen molar-refractivity contribution in [3.05, 3.63) is 24.4 Å². The number of hydrogen-bond donors (Lipinski definition) is 1. The summed E-state index contributed by atoms with van der Waals surface area (Å²) in [5, 5.41) is 2.89. The van der Waals surface area contributed by atoms with E-state index in [1.54, 1.807) is 12.3 Å². The summed E-state index contributed by atoms with van der Waals surface area (Å²) in [6, 6.07) is 5.50. The van der Waals surface area contributed by atoms with Crippen molar-refractivity contribution in [1.82, 2.24) is 9.88 Å². The number of piperidine rings is 1. The van der Waals surface area contributed by atoms with E-state index >= 15 is 0 Å². The lowest BCUT2D eigenvalue weighted by molar-refractivity contribution is -0.139. The Morgan fingerprint density at radius 3 is 2.56 bits per heavy atom. The van der Waals surface area contributed by atoms with Gasteiger partial charge in [0.25, 0.3) is 0 Å². The zero-order chi connectivity index (χ0) is 19.1. The molecule has 0 aromatic carbocycles. The van der Waals surface area contributed by atoms with Crippen LogP contribution in [-0.2, 0) is 9.59 Å². The molecule has 1 saturated carbocycles. The van der Waals surface area contributed by atoms with Crippen LogP contribution in [0.5, 0.6) is 0 Å². The van der Waals surface area contributed by atoms with Gasteiger partial charge in [-0.25, -0.2) is 4.98 Å². The van der Waals surface area contributed by atoms with Gasteiger partial charge in [-0.05, 0) is 43.7 Å². The molecule has 0 spiro atoms. The Bertz CT molecular complexity index is 605. The monoisotopic (exact) mass is 371 g/mol. The van der Waals surface area contributed by atoms with Crippen LogP contribution in [-0.4, -0.2) is 34.8 Å². The third-order valence-electron chi connectivity index (χ3n) is 6.17. The first-order chi connectivity index (χ1) is 13.2. The third-order valence-corrected chi connectivity index (χ3v) is 6.17. The van der Waals surface area contributed by atoms with Crippen molar-refractivity contribution < 1.29 is 9.59 Å². The first-order valence-electron chi connectivity index (χ1n) is 10.7. The lowest BCUT2D eigenvalue weighted by Gasteiger charge is -2.34. The number of aromatic nitrogens is 1. The zero-order valence-corrected chi connectivity index (χ0v) is 16.5. The largest absolute Gasteiger partial charge is 0.342 e. The van der Waals surface area contributed by atoms with Gasteiger partial charge in [0, 0.05) is 31.1 Å². The number of nitrogens with zero attached hydrogens (tertiary/aromatic N) is 2.